The van der Waals surface area contributed by atoms with E-state index in [1.54, 1.807) is 7.11 Å². The molecule has 0 radical (unpaired) electrons. The number of halogens is 4. The molecule has 2 unspecified atom stereocenters. The number of methoxy groups -OCH3 is 1. The Morgan fingerprint density at radius 1 is 1.16 bits per heavy atom. The third kappa shape index (κ3) is 6.88. The molecule has 0 spiro atoms. The number of ether oxygens (including phenoxy) is 2. The van der Waals surface area contributed by atoms with Crippen molar-refractivity contribution in [2.24, 2.45) is 0 Å². The fourth-order valence-corrected chi connectivity index (χ4v) is 5.28. The van der Waals surface area contributed by atoms with Gasteiger partial charge in [-0.2, -0.15) is 13.2 Å². The molecule has 4 atom stereocenters. The highest BCUT2D eigenvalue weighted by molar-refractivity contribution is 9.10. The molecule has 11 nitrogen and oxygen atoms in total. The van der Waals surface area contributed by atoms with E-state index in [2.05, 4.69) is 42.1 Å². The summed E-state index contributed by atoms with van der Waals surface area (Å²) in [5.74, 6) is 0.0318. The summed E-state index contributed by atoms with van der Waals surface area (Å²) < 4.78 is 49.6. The summed E-state index contributed by atoms with van der Waals surface area (Å²) in [5.41, 5.74) is 4.53. The first-order valence-electron chi connectivity index (χ1n) is 12.2. The smallest absolute Gasteiger partial charge is 0.383 e. The van der Waals surface area contributed by atoms with E-state index < -0.39 is 22.7 Å². The van der Waals surface area contributed by atoms with Crippen LogP contribution in [0.5, 0.6) is 0 Å². The summed E-state index contributed by atoms with van der Waals surface area (Å²) >= 11 is 3.40. The van der Waals surface area contributed by atoms with E-state index in [0.717, 1.165) is 12.4 Å². The lowest BCUT2D eigenvalue weighted by Crippen LogP contribution is -2.63. The Bertz CT molecular complexity index is 934. The first-order valence-corrected chi connectivity index (χ1v) is 13.1. The number of rotatable bonds is 9. The predicted molar refractivity (Wildman–Crippen MR) is 130 cm³/mol. The van der Waals surface area contributed by atoms with E-state index in [1.165, 1.54) is 0 Å². The molecule has 37 heavy (non-hydrogen) atoms. The minimum Gasteiger partial charge on any atom is -0.383 e. The maximum absolute atomic E-state index is 13.1. The van der Waals surface area contributed by atoms with E-state index in [9.17, 15) is 22.8 Å². The average molecular weight is 594 g/mol. The predicted octanol–water partition coefficient (Wildman–Crippen LogP) is 0.453. The second-order valence-corrected chi connectivity index (χ2v) is 10.3. The van der Waals surface area contributed by atoms with Crippen molar-refractivity contribution >= 4 is 33.7 Å². The van der Waals surface area contributed by atoms with Crippen LogP contribution in [-0.4, -0.2) is 102 Å². The summed E-state index contributed by atoms with van der Waals surface area (Å²) in [6, 6.07) is -0.357. The summed E-state index contributed by atoms with van der Waals surface area (Å²) in [4.78, 5) is 36.0. The van der Waals surface area contributed by atoms with E-state index in [4.69, 9.17) is 9.47 Å². The highest BCUT2D eigenvalue weighted by Gasteiger charge is 2.39. The molecule has 0 aliphatic carbocycles. The highest BCUT2D eigenvalue weighted by atomic mass is 79.9. The number of likely N-dealkylation sites (tertiary alicyclic amines) is 1. The van der Waals surface area contributed by atoms with E-state index in [-0.39, 0.29) is 42.5 Å². The van der Waals surface area contributed by atoms with E-state index in [0.29, 0.717) is 52.0 Å². The van der Waals surface area contributed by atoms with Gasteiger partial charge >= 0.3 is 6.18 Å². The quantitative estimate of drug-likeness (QED) is 0.350. The molecule has 3 fully saturated rings. The zero-order valence-corrected chi connectivity index (χ0v) is 21.9. The number of carbonyl (C=O) groups excluding carboxylic acids is 2. The molecular weight excluding hydrogens is 563 g/mol. The van der Waals surface area contributed by atoms with Gasteiger partial charge in [0.1, 0.15) is 10.9 Å². The zero-order chi connectivity index (χ0) is 26.6. The molecule has 3 N–H and O–H groups in total. The summed E-state index contributed by atoms with van der Waals surface area (Å²) in [7, 11) is 1.58. The van der Waals surface area contributed by atoms with Crippen molar-refractivity contribution in [3.05, 3.63) is 18.0 Å². The van der Waals surface area contributed by atoms with Crippen LogP contribution in [0.1, 0.15) is 24.8 Å². The number of hydrogen-bond donors (Lipinski definition) is 3. The SMILES string of the molecule is COC[C@@H](CO[C@H]1CCN(C2CCN(c3ncc(C(F)(F)F)cn3)CC2)C1=O)NC1CNNC(=O)C1Br. The molecule has 3 aliphatic rings. The Labute approximate surface area is 220 Å². The number of hydrogen-bond acceptors (Lipinski definition) is 9. The van der Waals surface area contributed by atoms with Crippen LogP contribution in [0.4, 0.5) is 19.1 Å². The lowest BCUT2D eigenvalue weighted by Gasteiger charge is -2.36. The fraction of sp³-hybridized carbons (Fsp3) is 0.727. The maximum atomic E-state index is 13.1. The van der Waals surface area contributed by atoms with Crippen molar-refractivity contribution in [1.29, 1.82) is 0 Å². The first-order chi connectivity index (χ1) is 17.7. The van der Waals surface area contributed by atoms with Gasteiger partial charge in [-0.15, -0.1) is 0 Å². The van der Waals surface area contributed by atoms with Gasteiger partial charge in [0.25, 0.3) is 5.91 Å². The molecular formula is C22H31BrF3N7O4. The van der Waals surface area contributed by atoms with Crippen molar-refractivity contribution in [1.82, 2.24) is 31.0 Å². The molecule has 0 saturated carbocycles. The number of alkyl halides is 4. The topological polar surface area (TPSA) is 121 Å². The Morgan fingerprint density at radius 2 is 1.86 bits per heavy atom. The minimum atomic E-state index is -4.47. The third-order valence-corrected chi connectivity index (χ3v) is 7.85. The van der Waals surface area contributed by atoms with Crippen LogP contribution in [0.25, 0.3) is 0 Å². The second kappa shape index (κ2) is 12.2. The number of aromatic nitrogens is 2. The van der Waals surface area contributed by atoms with Gasteiger partial charge in [0.2, 0.25) is 11.9 Å². The largest absolute Gasteiger partial charge is 0.419 e. The van der Waals surface area contributed by atoms with E-state index in [1.807, 2.05) is 9.80 Å². The van der Waals surface area contributed by atoms with Crippen LogP contribution in [0.15, 0.2) is 12.4 Å². The number of amides is 2. The number of hydrazine groups is 1. The molecule has 15 heteroatoms. The van der Waals surface area contributed by atoms with E-state index >= 15 is 0 Å². The van der Waals surface area contributed by atoms with Crippen LogP contribution in [-0.2, 0) is 25.2 Å². The molecule has 3 saturated heterocycles. The molecule has 0 aromatic carbocycles. The average Bonchev–Trinajstić information content (AvgIpc) is 3.25. The van der Waals surface area contributed by atoms with Crippen LogP contribution in [0.3, 0.4) is 0 Å². The number of carbonyl (C=O) groups is 2. The second-order valence-electron chi connectivity index (χ2n) is 9.33. The Hall–Kier alpha value is -2.07. The lowest BCUT2D eigenvalue weighted by molar-refractivity contribution is -0.140. The molecule has 2 amide bonds. The minimum absolute atomic E-state index is 0.0284. The van der Waals surface area contributed by atoms with Crippen LogP contribution in [0.2, 0.25) is 0 Å². The normalized spacial score (nSPS) is 26.5. The summed E-state index contributed by atoms with van der Waals surface area (Å²) in [5, 5.41) is 3.36. The van der Waals surface area contributed by atoms with Gasteiger partial charge in [-0.25, -0.2) is 15.4 Å². The molecule has 3 aliphatic heterocycles. The van der Waals surface area contributed by atoms with Crippen molar-refractivity contribution in [3.63, 3.8) is 0 Å². The number of anilines is 1. The Balaban J connectivity index is 1.25. The molecule has 4 rings (SSSR count). The van der Waals surface area contributed by atoms with Crippen LogP contribution >= 0.6 is 15.9 Å². The molecule has 0 bridgehead atoms. The van der Waals surface area contributed by atoms with Crippen molar-refractivity contribution < 1.29 is 32.2 Å². The van der Waals surface area contributed by atoms with Gasteiger partial charge in [-0.05, 0) is 12.8 Å². The van der Waals surface area contributed by atoms with Crippen molar-refractivity contribution in [2.75, 3.05) is 51.4 Å². The highest BCUT2D eigenvalue weighted by Crippen LogP contribution is 2.29. The first kappa shape index (κ1) is 28.0. The Kier molecular flexibility index (Phi) is 9.21. The number of nitrogens with one attached hydrogen (secondary N) is 3. The van der Waals surface area contributed by atoms with Gasteiger partial charge in [-0.3, -0.25) is 15.0 Å². The van der Waals surface area contributed by atoms with Crippen molar-refractivity contribution in [3.8, 4) is 0 Å². The maximum Gasteiger partial charge on any atom is 0.419 e. The molecule has 1 aromatic rings. The molecule has 4 heterocycles. The zero-order valence-electron chi connectivity index (χ0n) is 20.3. The van der Waals surface area contributed by atoms with Crippen LogP contribution < -0.4 is 21.1 Å². The Morgan fingerprint density at radius 3 is 2.51 bits per heavy atom. The standard InChI is InChI=1S/C22H31BrF3N7O4/c1-36-11-14(30-16-10-29-31-19(34)18(16)23)12-37-17-4-7-33(20(17)35)15-2-5-32(6-3-15)21-27-8-13(9-28-21)22(24,25)26/h8-9,14-18,29-30H,2-7,10-12H2,1H3,(H,31,34)/t14-,16?,17-,18?/m0/s1. The van der Waals surface area contributed by atoms with Gasteiger partial charge in [0.05, 0.1) is 24.8 Å². The third-order valence-electron chi connectivity index (χ3n) is 6.80. The summed E-state index contributed by atoms with van der Waals surface area (Å²) in [6.45, 7) is 2.80. The molecule has 206 valence electrons. The monoisotopic (exact) mass is 593 g/mol. The lowest BCUT2D eigenvalue weighted by atomic mass is 10.0. The summed E-state index contributed by atoms with van der Waals surface area (Å²) in [6.07, 6.45) is -1.52. The molecule has 1 aromatic heterocycles. The van der Waals surface area contributed by atoms with Crippen molar-refractivity contribution in [2.45, 2.75) is 54.5 Å². The van der Waals surface area contributed by atoms with Gasteiger partial charge in [0.15, 0.2) is 0 Å². The number of piperidine rings is 1. The fourth-order valence-electron chi connectivity index (χ4n) is 4.83. The van der Waals surface area contributed by atoms with Gasteiger partial charge in [-0.1, -0.05) is 15.9 Å². The van der Waals surface area contributed by atoms with Gasteiger partial charge < -0.3 is 24.6 Å². The van der Waals surface area contributed by atoms with Gasteiger partial charge in [0, 0.05) is 64.2 Å². The number of nitrogens with zero attached hydrogens (tertiary/aromatic N) is 4. The van der Waals surface area contributed by atoms with Crippen LogP contribution in [0, 0.1) is 0 Å².